The van der Waals surface area contributed by atoms with Gasteiger partial charge in [0.05, 0.1) is 0 Å². The van der Waals surface area contributed by atoms with Crippen LogP contribution < -0.4 is 15.5 Å². The monoisotopic (exact) mass is 330 g/mol. The van der Waals surface area contributed by atoms with E-state index in [2.05, 4.69) is 10.6 Å². The first-order valence-electron chi connectivity index (χ1n) is 8.57. The molecule has 6 nitrogen and oxygen atoms in total. The minimum atomic E-state index is -0.216. The third kappa shape index (κ3) is 3.63. The second-order valence-electron chi connectivity index (χ2n) is 7.03. The molecule has 24 heavy (non-hydrogen) atoms. The van der Waals surface area contributed by atoms with Gasteiger partial charge >= 0.3 is 6.03 Å². The van der Waals surface area contributed by atoms with E-state index in [1.54, 1.807) is 0 Å². The van der Waals surface area contributed by atoms with Gasteiger partial charge in [0.15, 0.2) is 0 Å². The smallest absolute Gasteiger partial charge is 0.319 e. The van der Waals surface area contributed by atoms with Crippen LogP contribution in [0.5, 0.6) is 0 Å². The quantitative estimate of drug-likeness (QED) is 0.870. The van der Waals surface area contributed by atoms with E-state index in [1.165, 1.54) is 0 Å². The highest BCUT2D eigenvalue weighted by molar-refractivity contribution is 5.91. The molecule has 6 heteroatoms. The van der Waals surface area contributed by atoms with Gasteiger partial charge in [0, 0.05) is 56.9 Å². The summed E-state index contributed by atoms with van der Waals surface area (Å²) in [5.74, 6) is 0.456. The van der Waals surface area contributed by atoms with Gasteiger partial charge in [-0.25, -0.2) is 4.79 Å². The van der Waals surface area contributed by atoms with Crippen LogP contribution in [-0.4, -0.2) is 50.1 Å². The average molecular weight is 330 g/mol. The van der Waals surface area contributed by atoms with Crippen LogP contribution in [-0.2, 0) is 4.79 Å². The number of nitrogens with one attached hydrogen (secondary N) is 2. The summed E-state index contributed by atoms with van der Waals surface area (Å²) in [7, 11) is 3.96. The SMILES string of the molecule is Cc1c(NC(=O)NC[C@@H]2CC(=O)N(C3CC3)C2)cccc1N(C)C. The van der Waals surface area contributed by atoms with Crippen molar-refractivity contribution in [2.45, 2.75) is 32.2 Å². The molecule has 1 saturated heterocycles. The Bertz CT molecular complexity index is 640. The van der Waals surface area contributed by atoms with E-state index < -0.39 is 0 Å². The lowest BCUT2D eigenvalue weighted by atomic mass is 10.1. The summed E-state index contributed by atoms with van der Waals surface area (Å²) in [6.07, 6.45) is 2.81. The number of hydrogen-bond donors (Lipinski definition) is 2. The number of likely N-dealkylation sites (tertiary alicyclic amines) is 1. The number of hydrogen-bond acceptors (Lipinski definition) is 3. The van der Waals surface area contributed by atoms with Gasteiger partial charge in [-0.05, 0) is 37.5 Å². The van der Waals surface area contributed by atoms with Gasteiger partial charge in [0.1, 0.15) is 0 Å². The lowest BCUT2D eigenvalue weighted by Crippen LogP contribution is -2.34. The van der Waals surface area contributed by atoms with Crippen LogP contribution in [0.3, 0.4) is 0 Å². The molecule has 1 aromatic rings. The summed E-state index contributed by atoms with van der Waals surface area (Å²) in [6, 6.07) is 6.10. The van der Waals surface area contributed by atoms with Gasteiger partial charge < -0.3 is 20.4 Å². The third-order valence-electron chi connectivity index (χ3n) is 4.81. The maximum absolute atomic E-state index is 12.2. The molecule has 1 saturated carbocycles. The van der Waals surface area contributed by atoms with Crippen molar-refractivity contribution in [1.82, 2.24) is 10.2 Å². The molecule has 1 atom stereocenters. The normalized spacial score (nSPS) is 20.2. The maximum atomic E-state index is 12.2. The Morgan fingerprint density at radius 1 is 1.33 bits per heavy atom. The Hall–Kier alpha value is -2.24. The Balaban J connectivity index is 1.51. The van der Waals surface area contributed by atoms with Gasteiger partial charge in [0.2, 0.25) is 5.91 Å². The molecular formula is C18H26N4O2. The molecule has 1 heterocycles. The fraction of sp³-hybridized carbons (Fsp3) is 0.556. The highest BCUT2D eigenvalue weighted by Crippen LogP contribution is 2.32. The first kappa shape index (κ1) is 16.6. The van der Waals surface area contributed by atoms with Gasteiger partial charge in [-0.1, -0.05) is 6.07 Å². The molecule has 3 amide bonds. The van der Waals surface area contributed by atoms with E-state index in [4.69, 9.17) is 0 Å². The molecule has 1 aromatic carbocycles. The lowest BCUT2D eigenvalue weighted by Gasteiger charge is -2.19. The summed E-state index contributed by atoms with van der Waals surface area (Å²) < 4.78 is 0. The third-order valence-corrected chi connectivity index (χ3v) is 4.81. The minimum absolute atomic E-state index is 0.216. The van der Waals surface area contributed by atoms with Crippen molar-refractivity contribution in [2.75, 3.05) is 37.4 Å². The summed E-state index contributed by atoms with van der Waals surface area (Å²) in [5.41, 5.74) is 2.92. The zero-order chi connectivity index (χ0) is 17.3. The van der Waals surface area contributed by atoms with E-state index in [-0.39, 0.29) is 17.9 Å². The molecule has 1 aliphatic carbocycles. The summed E-state index contributed by atoms with van der Waals surface area (Å²) in [5, 5.41) is 5.82. The first-order chi connectivity index (χ1) is 11.5. The minimum Gasteiger partial charge on any atom is -0.377 e. The zero-order valence-electron chi connectivity index (χ0n) is 14.6. The van der Waals surface area contributed by atoms with E-state index in [0.717, 1.165) is 36.3 Å². The number of nitrogens with zero attached hydrogens (tertiary/aromatic N) is 2. The van der Waals surface area contributed by atoms with E-state index in [0.29, 0.717) is 19.0 Å². The van der Waals surface area contributed by atoms with Crippen LogP contribution in [0.1, 0.15) is 24.8 Å². The van der Waals surface area contributed by atoms with Crippen molar-refractivity contribution < 1.29 is 9.59 Å². The van der Waals surface area contributed by atoms with Gasteiger partial charge in [-0.2, -0.15) is 0 Å². The molecule has 2 fully saturated rings. The number of carbonyl (C=O) groups is 2. The summed E-state index contributed by atoms with van der Waals surface area (Å²) in [4.78, 5) is 28.1. The summed E-state index contributed by atoms with van der Waals surface area (Å²) in [6.45, 7) is 3.31. The highest BCUT2D eigenvalue weighted by atomic mass is 16.2. The van der Waals surface area contributed by atoms with Crippen LogP contribution in [0.25, 0.3) is 0 Å². The molecule has 0 aromatic heterocycles. The van der Waals surface area contributed by atoms with E-state index >= 15 is 0 Å². The molecule has 0 unspecified atom stereocenters. The lowest BCUT2D eigenvalue weighted by molar-refractivity contribution is -0.128. The molecule has 130 valence electrons. The number of anilines is 2. The standard InChI is InChI=1S/C18H26N4O2/c1-12-15(5-4-6-16(12)21(2)3)20-18(24)19-10-13-9-17(23)22(11-13)14-7-8-14/h4-6,13-14H,7-11H2,1-3H3,(H2,19,20,24)/t13-/m0/s1. The maximum Gasteiger partial charge on any atom is 0.319 e. The first-order valence-corrected chi connectivity index (χ1v) is 8.57. The molecule has 0 radical (unpaired) electrons. The largest absolute Gasteiger partial charge is 0.377 e. The Morgan fingerprint density at radius 3 is 2.75 bits per heavy atom. The van der Waals surface area contributed by atoms with Crippen molar-refractivity contribution >= 4 is 23.3 Å². The highest BCUT2D eigenvalue weighted by Gasteiger charge is 2.39. The molecule has 0 spiro atoms. The second-order valence-corrected chi connectivity index (χ2v) is 7.03. The van der Waals surface area contributed by atoms with Crippen molar-refractivity contribution in [2.24, 2.45) is 5.92 Å². The fourth-order valence-corrected chi connectivity index (χ4v) is 3.33. The molecule has 0 bridgehead atoms. The zero-order valence-corrected chi connectivity index (χ0v) is 14.6. The van der Waals surface area contributed by atoms with Crippen LogP contribution in [0.15, 0.2) is 18.2 Å². The molecule has 3 rings (SSSR count). The predicted octanol–water partition coefficient (Wildman–Crippen LogP) is 2.19. The van der Waals surface area contributed by atoms with Crippen molar-refractivity contribution in [3.63, 3.8) is 0 Å². The van der Waals surface area contributed by atoms with Crippen LogP contribution in [0.2, 0.25) is 0 Å². The predicted molar refractivity (Wildman–Crippen MR) is 95.4 cm³/mol. The molecule has 1 aliphatic heterocycles. The average Bonchev–Trinajstić information content (AvgIpc) is 3.30. The van der Waals surface area contributed by atoms with Gasteiger partial charge in [0.25, 0.3) is 0 Å². The molecule has 2 N–H and O–H groups in total. The molecular weight excluding hydrogens is 304 g/mol. The number of urea groups is 1. The van der Waals surface area contributed by atoms with Crippen LogP contribution in [0, 0.1) is 12.8 Å². The van der Waals surface area contributed by atoms with Crippen molar-refractivity contribution in [3.8, 4) is 0 Å². The van der Waals surface area contributed by atoms with Crippen molar-refractivity contribution in [1.29, 1.82) is 0 Å². The summed E-state index contributed by atoms with van der Waals surface area (Å²) >= 11 is 0. The Kier molecular flexibility index (Phi) is 4.64. The number of carbonyl (C=O) groups excluding carboxylic acids is 2. The Morgan fingerprint density at radius 2 is 2.08 bits per heavy atom. The van der Waals surface area contributed by atoms with Crippen molar-refractivity contribution in [3.05, 3.63) is 23.8 Å². The number of amides is 3. The number of rotatable bonds is 5. The second kappa shape index (κ2) is 6.71. The fourth-order valence-electron chi connectivity index (χ4n) is 3.33. The van der Waals surface area contributed by atoms with Gasteiger partial charge in [-0.15, -0.1) is 0 Å². The van der Waals surface area contributed by atoms with Gasteiger partial charge in [-0.3, -0.25) is 4.79 Å². The number of benzene rings is 1. The molecule has 2 aliphatic rings. The van der Waals surface area contributed by atoms with E-state index in [1.807, 2.05) is 49.0 Å². The Labute approximate surface area is 143 Å². The van der Waals surface area contributed by atoms with E-state index in [9.17, 15) is 9.59 Å². The van der Waals surface area contributed by atoms with Crippen LogP contribution >= 0.6 is 0 Å². The topological polar surface area (TPSA) is 64.7 Å². The van der Waals surface area contributed by atoms with Crippen LogP contribution in [0.4, 0.5) is 16.2 Å².